The molecule has 196 valence electrons. The maximum atomic E-state index is 6.14. The number of aromatic nitrogens is 1. The van der Waals surface area contributed by atoms with E-state index in [-0.39, 0.29) is 40.4 Å². The minimum atomic E-state index is -0.852. The van der Waals surface area contributed by atoms with E-state index in [0.717, 1.165) is 23.7 Å². The van der Waals surface area contributed by atoms with Gasteiger partial charge in [0.2, 0.25) is 0 Å². The molecule has 1 aromatic carbocycles. The van der Waals surface area contributed by atoms with Gasteiger partial charge in [0.25, 0.3) is 0 Å². The molecule has 0 N–H and O–H groups in total. The molecule has 0 unspecified atom stereocenters. The summed E-state index contributed by atoms with van der Waals surface area (Å²) in [7, 11) is 0. The van der Waals surface area contributed by atoms with Crippen LogP contribution in [0.25, 0.3) is 10.9 Å². The second-order valence-corrected chi connectivity index (χ2v) is 8.01. The number of ether oxygens (including phenoxy) is 9. The summed E-state index contributed by atoms with van der Waals surface area (Å²) in [5, 5.41) is 0.998. The van der Waals surface area contributed by atoms with Crippen molar-refractivity contribution in [3.05, 3.63) is 36.5 Å². The van der Waals surface area contributed by atoms with Gasteiger partial charge in [0.15, 0.2) is 13.6 Å². The largest absolute Gasteiger partial charge is 0.465 e. The number of unbranched alkanes of at least 4 members (excludes halogenated alkanes) is 1. The van der Waals surface area contributed by atoms with Gasteiger partial charge in [0, 0.05) is 18.2 Å². The molecule has 0 saturated carbocycles. The Balaban J connectivity index is 1.53. The fourth-order valence-electron chi connectivity index (χ4n) is 3.27. The summed E-state index contributed by atoms with van der Waals surface area (Å²) in [5.74, 6) is 0.648. The summed E-state index contributed by atoms with van der Waals surface area (Å²) < 4.78 is 51.1. The van der Waals surface area contributed by atoms with E-state index < -0.39 is 5.60 Å². The first kappa shape index (κ1) is 27.7. The zero-order valence-corrected chi connectivity index (χ0v) is 20.5. The van der Waals surface area contributed by atoms with Crippen molar-refractivity contribution in [2.24, 2.45) is 0 Å². The van der Waals surface area contributed by atoms with E-state index in [9.17, 15) is 0 Å². The van der Waals surface area contributed by atoms with Gasteiger partial charge >= 0.3 is 0 Å². The normalized spacial score (nSPS) is 18.2. The SMILES string of the molecule is CCCCOCC1(OCOCOc2cccc3cccnc23)COCCOCOCOCCOC1. The summed E-state index contributed by atoms with van der Waals surface area (Å²) in [6.07, 6.45) is 3.74. The molecule has 1 aromatic heterocycles. The molecule has 0 spiro atoms. The van der Waals surface area contributed by atoms with Crippen LogP contribution in [0.4, 0.5) is 0 Å². The number of nitrogens with zero attached hydrogens (tertiary/aromatic N) is 1. The van der Waals surface area contributed by atoms with Crippen LogP contribution in [0.15, 0.2) is 36.5 Å². The van der Waals surface area contributed by atoms with Gasteiger partial charge in [-0.3, -0.25) is 4.98 Å². The van der Waals surface area contributed by atoms with Crippen LogP contribution in [0, 0.1) is 0 Å². The molecule has 10 heteroatoms. The van der Waals surface area contributed by atoms with Crippen molar-refractivity contribution >= 4 is 10.9 Å². The molecule has 1 aliphatic heterocycles. The minimum Gasteiger partial charge on any atom is -0.465 e. The lowest BCUT2D eigenvalue weighted by molar-refractivity contribution is -0.225. The fourth-order valence-corrected chi connectivity index (χ4v) is 3.27. The molecule has 0 amide bonds. The molecule has 2 heterocycles. The number of para-hydroxylation sites is 1. The van der Waals surface area contributed by atoms with E-state index in [0.29, 0.717) is 45.4 Å². The highest BCUT2D eigenvalue weighted by Gasteiger charge is 2.33. The number of rotatable bonds is 11. The average Bonchev–Trinajstić information content (AvgIpc) is 2.89. The van der Waals surface area contributed by atoms with Crippen LogP contribution in [0.5, 0.6) is 5.75 Å². The second-order valence-electron chi connectivity index (χ2n) is 8.01. The number of benzene rings is 1. The van der Waals surface area contributed by atoms with Crippen molar-refractivity contribution in [1.29, 1.82) is 0 Å². The van der Waals surface area contributed by atoms with E-state index in [4.69, 9.17) is 42.6 Å². The van der Waals surface area contributed by atoms with E-state index in [2.05, 4.69) is 11.9 Å². The Morgan fingerprint density at radius 1 is 0.857 bits per heavy atom. The lowest BCUT2D eigenvalue weighted by atomic mass is 10.1. The van der Waals surface area contributed by atoms with Gasteiger partial charge in [0.1, 0.15) is 30.5 Å². The predicted octanol–water partition coefficient (Wildman–Crippen LogP) is 3.13. The van der Waals surface area contributed by atoms with Crippen molar-refractivity contribution in [3.63, 3.8) is 0 Å². The first-order valence-corrected chi connectivity index (χ1v) is 12.0. The molecule has 10 nitrogen and oxygen atoms in total. The number of hydrogen-bond acceptors (Lipinski definition) is 10. The molecule has 0 bridgehead atoms. The summed E-state index contributed by atoms with van der Waals surface area (Å²) in [4.78, 5) is 4.39. The summed E-state index contributed by atoms with van der Waals surface area (Å²) in [5.41, 5.74) is -0.0713. The molecular formula is C25H37NO9. The predicted molar refractivity (Wildman–Crippen MR) is 127 cm³/mol. The Bertz CT molecular complexity index is 803. The highest BCUT2D eigenvalue weighted by atomic mass is 16.8. The van der Waals surface area contributed by atoms with E-state index in [1.165, 1.54) is 0 Å². The first-order chi connectivity index (χ1) is 17.3. The zero-order valence-electron chi connectivity index (χ0n) is 20.5. The highest BCUT2D eigenvalue weighted by Crippen LogP contribution is 2.23. The lowest BCUT2D eigenvalue weighted by Crippen LogP contribution is -2.48. The van der Waals surface area contributed by atoms with Crippen LogP contribution in [-0.2, 0) is 37.9 Å². The van der Waals surface area contributed by atoms with E-state index >= 15 is 0 Å². The standard InChI is InChI=1S/C25H37NO9/c1-2-3-10-27-15-25(16-28-11-13-30-18-32-19-31-14-12-29-17-25)35-21-33-20-34-23-8-4-6-22-7-5-9-26-24(22)23/h4-9H,2-3,10-21H2,1H3. The number of pyridine rings is 1. The van der Waals surface area contributed by atoms with Crippen LogP contribution < -0.4 is 4.74 Å². The Labute approximate surface area is 206 Å². The van der Waals surface area contributed by atoms with Gasteiger partial charge in [-0.15, -0.1) is 0 Å². The molecule has 35 heavy (non-hydrogen) atoms. The van der Waals surface area contributed by atoms with Crippen LogP contribution in [0.1, 0.15) is 19.8 Å². The third-order valence-electron chi connectivity index (χ3n) is 5.16. The maximum absolute atomic E-state index is 6.14. The Kier molecular flexibility index (Phi) is 13.2. The number of fused-ring (bicyclic) bond motifs is 1. The molecule has 1 saturated heterocycles. The third-order valence-corrected chi connectivity index (χ3v) is 5.16. The van der Waals surface area contributed by atoms with Gasteiger partial charge < -0.3 is 42.6 Å². The molecule has 1 aliphatic rings. The molecular weight excluding hydrogens is 458 g/mol. The van der Waals surface area contributed by atoms with Crippen molar-refractivity contribution in [2.45, 2.75) is 25.4 Å². The molecule has 2 aromatic rings. The summed E-state index contributed by atoms with van der Waals surface area (Å²) in [6.45, 7) is 5.35. The molecule has 0 aliphatic carbocycles. The topological polar surface area (TPSA) is 96.0 Å². The summed E-state index contributed by atoms with van der Waals surface area (Å²) >= 11 is 0. The maximum Gasteiger partial charge on any atom is 0.191 e. The quantitative estimate of drug-likeness (QED) is 0.342. The first-order valence-electron chi connectivity index (χ1n) is 12.0. The smallest absolute Gasteiger partial charge is 0.191 e. The minimum absolute atomic E-state index is 0.00581. The van der Waals surface area contributed by atoms with Crippen LogP contribution in [0.2, 0.25) is 0 Å². The van der Waals surface area contributed by atoms with Crippen molar-refractivity contribution in [2.75, 3.05) is 80.0 Å². The van der Waals surface area contributed by atoms with Gasteiger partial charge in [-0.25, -0.2) is 0 Å². The Morgan fingerprint density at radius 2 is 1.60 bits per heavy atom. The van der Waals surface area contributed by atoms with Crippen LogP contribution >= 0.6 is 0 Å². The zero-order chi connectivity index (χ0) is 24.4. The van der Waals surface area contributed by atoms with Gasteiger partial charge in [-0.1, -0.05) is 31.5 Å². The number of hydrogen-bond donors (Lipinski definition) is 0. The average molecular weight is 496 g/mol. The van der Waals surface area contributed by atoms with Gasteiger partial charge in [-0.2, -0.15) is 0 Å². The van der Waals surface area contributed by atoms with Gasteiger partial charge in [-0.05, 0) is 18.6 Å². The third kappa shape index (κ3) is 10.3. The van der Waals surface area contributed by atoms with Crippen LogP contribution in [0.3, 0.4) is 0 Å². The van der Waals surface area contributed by atoms with E-state index in [1.54, 1.807) is 6.20 Å². The lowest BCUT2D eigenvalue weighted by Gasteiger charge is -2.33. The monoisotopic (exact) mass is 495 g/mol. The molecule has 3 rings (SSSR count). The summed E-state index contributed by atoms with van der Waals surface area (Å²) in [6, 6.07) is 9.63. The molecule has 1 fully saturated rings. The van der Waals surface area contributed by atoms with Crippen molar-refractivity contribution in [1.82, 2.24) is 4.98 Å². The highest BCUT2D eigenvalue weighted by molar-refractivity contribution is 5.84. The van der Waals surface area contributed by atoms with Gasteiger partial charge in [0.05, 0.1) is 46.2 Å². The Morgan fingerprint density at radius 3 is 2.37 bits per heavy atom. The second kappa shape index (κ2) is 16.7. The van der Waals surface area contributed by atoms with Crippen molar-refractivity contribution < 1.29 is 42.6 Å². The molecule has 0 atom stereocenters. The molecule has 0 radical (unpaired) electrons. The van der Waals surface area contributed by atoms with Crippen molar-refractivity contribution in [3.8, 4) is 5.75 Å². The van der Waals surface area contributed by atoms with Crippen LogP contribution in [-0.4, -0.2) is 90.6 Å². The Hall–Kier alpha value is -1.89. The van der Waals surface area contributed by atoms with E-state index in [1.807, 2.05) is 30.3 Å². The fraction of sp³-hybridized carbons (Fsp3) is 0.640.